The summed E-state index contributed by atoms with van der Waals surface area (Å²) in [6, 6.07) is 0. The molecule has 1 saturated heterocycles. The second-order valence-corrected chi connectivity index (χ2v) is 3.93. The normalized spacial score (nSPS) is 19.2. The summed E-state index contributed by atoms with van der Waals surface area (Å²) >= 11 is 6.91. The third-order valence-corrected chi connectivity index (χ3v) is 3.02. The maximum absolute atomic E-state index is 5.13. The fourth-order valence-electron chi connectivity index (χ4n) is 0.919. The van der Waals surface area contributed by atoms with E-state index in [-0.39, 0.29) is 0 Å². The maximum atomic E-state index is 5.13. The van der Waals surface area contributed by atoms with E-state index in [1.54, 1.807) is 11.8 Å². The van der Waals surface area contributed by atoms with Crippen molar-refractivity contribution in [3.05, 3.63) is 12.7 Å². The lowest BCUT2D eigenvalue weighted by Crippen LogP contribution is -2.32. The zero-order chi connectivity index (χ0) is 7.40. The Bertz CT molecular complexity index is 145. The van der Waals surface area contributed by atoms with Crippen molar-refractivity contribution in [3.8, 4) is 0 Å². The van der Waals surface area contributed by atoms with Gasteiger partial charge in [-0.25, -0.2) is 0 Å². The van der Waals surface area contributed by atoms with E-state index in [2.05, 4.69) is 11.5 Å². The Kier molecular flexibility index (Phi) is 3.22. The van der Waals surface area contributed by atoms with E-state index in [4.69, 9.17) is 12.2 Å². The summed E-state index contributed by atoms with van der Waals surface area (Å²) < 4.78 is 1.03. The molecule has 0 unspecified atom stereocenters. The molecule has 1 aliphatic rings. The van der Waals surface area contributed by atoms with Gasteiger partial charge in [-0.3, -0.25) is 0 Å². The molecule has 0 aliphatic carbocycles. The molecule has 3 heteroatoms. The third-order valence-electron chi connectivity index (χ3n) is 1.41. The molecule has 1 nitrogen and oxygen atoms in total. The zero-order valence-corrected chi connectivity index (χ0v) is 7.51. The number of nitrogens with zero attached hydrogens (tertiary/aromatic N) is 1. The molecule has 0 N–H and O–H groups in total. The van der Waals surface area contributed by atoms with Gasteiger partial charge in [-0.1, -0.05) is 30.1 Å². The first-order valence-electron chi connectivity index (χ1n) is 3.37. The van der Waals surface area contributed by atoms with Crippen LogP contribution in [0.2, 0.25) is 0 Å². The highest BCUT2D eigenvalue weighted by molar-refractivity contribution is 8.22. The van der Waals surface area contributed by atoms with Gasteiger partial charge < -0.3 is 4.90 Å². The Morgan fingerprint density at radius 2 is 2.60 bits per heavy atom. The van der Waals surface area contributed by atoms with Gasteiger partial charge in [0.15, 0.2) is 0 Å². The fraction of sp³-hybridized carbons (Fsp3) is 0.571. The zero-order valence-electron chi connectivity index (χ0n) is 5.88. The van der Waals surface area contributed by atoms with E-state index in [0.717, 1.165) is 17.4 Å². The van der Waals surface area contributed by atoms with E-state index in [1.165, 1.54) is 12.2 Å². The molecule has 0 saturated carbocycles. The summed E-state index contributed by atoms with van der Waals surface area (Å²) in [6.45, 7) is 5.70. The van der Waals surface area contributed by atoms with E-state index in [1.807, 2.05) is 6.08 Å². The molecule has 1 fully saturated rings. The van der Waals surface area contributed by atoms with Gasteiger partial charge in [0.05, 0.1) is 0 Å². The van der Waals surface area contributed by atoms with Crippen molar-refractivity contribution in [1.29, 1.82) is 0 Å². The number of rotatable bonds is 2. The SMILES string of the molecule is C=CCN1CCCSC1=S. The molecule has 0 amide bonds. The van der Waals surface area contributed by atoms with Crippen LogP contribution < -0.4 is 0 Å². The van der Waals surface area contributed by atoms with Crippen LogP contribution >= 0.6 is 24.0 Å². The highest BCUT2D eigenvalue weighted by Gasteiger charge is 2.12. The second kappa shape index (κ2) is 3.98. The molecule has 0 aromatic rings. The van der Waals surface area contributed by atoms with Gasteiger partial charge in [0.1, 0.15) is 4.32 Å². The molecule has 0 spiro atoms. The summed E-state index contributed by atoms with van der Waals surface area (Å²) in [5, 5.41) is 0. The molecular formula is C7H11NS2. The topological polar surface area (TPSA) is 3.24 Å². The van der Waals surface area contributed by atoms with Gasteiger partial charge in [0.25, 0.3) is 0 Å². The lowest BCUT2D eigenvalue weighted by molar-refractivity contribution is 0.471. The van der Waals surface area contributed by atoms with Crippen LogP contribution in [0.1, 0.15) is 6.42 Å². The first-order valence-corrected chi connectivity index (χ1v) is 4.76. The molecule has 1 aliphatic heterocycles. The van der Waals surface area contributed by atoms with Crippen molar-refractivity contribution in [2.24, 2.45) is 0 Å². The number of hydrogen-bond acceptors (Lipinski definition) is 2. The molecule has 0 aromatic heterocycles. The molecule has 1 heterocycles. The Hall–Kier alpha value is -0.0200. The van der Waals surface area contributed by atoms with Crippen molar-refractivity contribution in [3.63, 3.8) is 0 Å². The van der Waals surface area contributed by atoms with Crippen LogP contribution in [0.3, 0.4) is 0 Å². The lowest BCUT2D eigenvalue weighted by Gasteiger charge is -2.27. The molecule has 0 bridgehead atoms. The summed E-state index contributed by atoms with van der Waals surface area (Å²) in [5.41, 5.74) is 0. The van der Waals surface area contributed by atoms with Crippen LogP contribution in [0.25, 0.3) is 0 Å². The lowest BCUT2D eigenvalue weighted by atomic mass is 10.4. The van der Waals surface area contributed by atoms with Crippen molar-refractivity contribution in [1.82, 2.24) is 4.90 Å². The molecular weight excluding hydrogens is 162 g/mol. The van der Waals surface area contributed by atoms with Crippen LogP contribution in [0.4, 0.5) is 0 Å². The van der Waals surface area contributed by atoms with Crippen molar-refractivity contribution >= 4 is 28.3 Å². The van der Waals surface area contributed by atoms with E-state index < -0.39 is 0 Å². The molecule has 1 rings (SSSR count). The predicted octanol–water partition coefficient (Wildman–Crippen LogP) is 1.90. The molecule has 0 aromatic carbocycles. The van der Waals surface area contributed by atoms with Gasteiger partial charge in [-0.05, 0) is 6.42 Å². The number of thiocarbonyl (C=S) groups is 1. The van der Waals surface area contributed by atoms with E-state index >= 15 is 0 Å². The van der Waals surface area contributed by atoms with Gasteiger partial charge in [0, 0.05) is 18.8 Å². The first-order chi connectivity index (χ1) is 4.84. The second-order valence-electron chi connectivity index (χ2n) is 2.20. The van der Waals surface area contributed by atoms with E-state index in [0.29, 0.717) is 0 Å². The van der Waals surface area contributed by atoms with Crippen LogP contribution in [-0.2, 0) is 0 Å². The minimum Gasteiger partial charge on any atom is -0.354 e. The fourth-order valence-corrected chi connectivity index (χ4v) is 2.13. The Morgan fingerprint density at radius 3 is 3.20 bits per heavy atom. The van der Waals surface area contributed by atoms with Crippen LogP contribution in [-0.4, -0.2) is 28.1 Å². The molecule has 0 atom stereocenters. The quantitative estimate of drug-likeness (QED) is 0.464. The monoisotopic (exact) mass is 173 g/mol. The summed E-state index contributed by atoms with van der Waals surface area (Å²) in [4.78, 5) is 2.19. The molecule has 10 heavy (non-hydrogen) atoms. The minimum absolute atomic E-state index is 0.909. The van der Waals surface area contributed by atoms with Crippen molar-refractivity contribution < 1.29 is 0 Å². The van der Waals surface area contributed by atoms with Crippen LogP contribution in [0, 0.1) is 0 Å². The highest BCUT2D eigenvalue weighted by Crippen LogP contribution is 2.16. The smallest absolute Gasteiger partial charge is 0.136 e. The van der Waals surface area contributed by atoms with Crippen molar-refractivity contribution in [2.45, 2.75) is 6.42 Å². The van der Waals surface area contributed by atoms with Gasteiger partial charge in [-0.2, -0.15) is 0 Å². The summed E-state index contributed by atoms with van der Waals surface area (Å²) in [5.74, 6) is 1.19. The Morgan fingerprint density at radius 1 is 1.80 bits per heavy atom. The summed E-state index contributed by atoms with van der Waals surface area (Å²) in [7, 11) is 0. The molecule has 56 valence electrons. The predicted molar refractivity (Wildman–Crippen MR) is 51.4 cm³/mol. The number of hydrogen-bond donors (Lipinski definition) is 0. The van der Waals surface area contributed by atoms with Crippen LogP contribution in [0.15, 0.2) is 12.7 Å². The Labute approximate surface area is 71.5 Å². The average molecular weight is 173 g/mol. The third kappa shape index (κ3) is 1.99. The van der Waals surface area contributed by atoms with Crippen LogP contribution in [0.5, 0.6) is 0 Å². The highest BCUT2D eigenvalue weighted by atomic mass is 32.2. The first kappa shape index (κ1) is 8.08. The standard InChI is InChI=1S/C7H11NS2/c1-2-4-8-5-3-6-10-7(8)9/h2H,1,3-6H2. The van der Waals surface area contributed by atoms with E-state index in [9.17, 15) is 0 Å². The Balaban J connectivity index is 2.39. The average Bonchev–Trinajstić information content (AvgIpc) is 1.94. The number of thioether (sulfide) groups is 1. The minimum atomic E-state index is 0.909. The van der Waals surface area contributed by atoms with Gasteiger partial charge >= 0.3 is 0 Å². The summed E-state index contributed by atoms with van der Waals surface area (Å²) in [6.07, 6.45) is 3.15. The maximum Gasteiger partial charge on any atom is 0.136 e. The molecule has 0 radical (unpaired) electrons. The van der Waals surface area contributed by atoms with Gasteiger partial charge in [-0.15, -0.1) is 6.58 Å². The largest absolute Gasteiger partial charge is 0.354 e. The van der Waals surface area contributed by atoms with Gasteiger partial charge in [0.2, 0.25) is 0 Å². The van der Waals surface area contributed by atoms with Crippen molar-refractivity contribution in [2.75, 3.05) is 18.8 Å².